The highest BCUT2D eigenvalue weighted by Gasteiger charge is 2.14. The van der Waals surface area contributed by atoms with Gasteiger partial charge in [-0.15, -0.1) is 0 Å². The average Bonchev–Trinajstić information content (AvgIpc) is 2.33. The first-order chi connectivity index (χ1) is 8.99. The van der Waals surface area contributed by atoms with Gasteiger partial charge in [-0.05, 0) is 36.8 Å². The second kappa shape index (κ2) is 5.28. The molecule has 1 amide bonds. The zero-order valence-electron chi connectivity index (χ0n) is 10.1. The Balaban J connectivity index is 2.31. The number of amides is 1. The monoisotopic (exact) mass is 279 g/mol. The molecule has 0 radical (unpaired) electrons. The lowest BCUT2D eigenvalue weighted by molar-refractivity contribution is 0.102. The van der Waals surface area contributed by atoms with Gasteiger partial charge in [-0.3, -0.25) is 4.79 Å². The second-order valence-corrected chi connectivity index (χ2v) is 4.48. The van der Waals surface area contributed by atoms with Crippen molar-refractivity contribution in [3.63, 3.8) is 0 Å². The van der Waals surface area contributed by atoms with Crippen LogP contribution in [0.15, 0.2) is 36.4 Å². The predicted molar refractivity (Wildman–Crippen MR) is 72.2 cm³/mol. The standard InChI is InChI=1S/C14H11ClFNO2/c1-8-3-2-4-11(16)13(8)17-14(19)10-6-5-9(15)7-12(10)18/h2-7,18H,1H3,(H,17,19). The first-order valence-electron chi connectivity index (χ1n) is 5.54. The lowest BCUT2D eigenvalue weighted by atomic mass is 10.1. The van der Waals surface area contributed by atoms with Crippen molar-refractivity contribution in [1.29, 1.82) is 0 Å². The number of halogens is 2. The molecule has 5 heteroatoms. The number of benzene rings is 2. The van der Waals surface area contributed by atoms with Crippen LogP contribution in [0.25, 0.3) is 0 Å². The van der Waals surface area contributed by atoms with Crippen LogP contribution in [0.3, 0.4) is 0 Å². The van der Waals surface area contributed by atoms with Crippen molar-refractivity contribution in [2.24, 2.45) is 0 Å². The van der Waals surface area contributed by atoms with Gasteiger partial charge in [0.15, 0.2) is 0 Å². The van der Waals surface area contributed by atoms with Crippen LogP contribution in [0.5, 0.6) is 5.75 Å². The van der Waals surface area contributed by atoms with E-state index in [4.69, 9.17) is 11.6 Å². The predicted octanol–water partition coefficient (Wildman–Crippen LogP) is 3.75. The third-order valence-corrected chi connectivity index (χ3v) is 2.90. The fraction of sp³-hybridized carbons (Fsp3) is 0.0714. The van der Waals surface area contributed by atoms with Gasteiger partial charge >= 0.3 is 0 Å². The summed E-state index contributed by atoms with van der Waals surface area (Å²) in [6, 6.07) is 8.60. The lowest BCUT2D eigenvalue weighted by Crippen LogP contribution is -2.14. The summed E-state index contributed by atoms with van der Waals surface area (Å²) < 4.78 is 13.6. The van der Waals surface area contributed by atoms with Crippen molar-refractivity contribution >= 4 is 23.2 Å². The number of carbonyl (C=O) groups is 1. The summed E-state index contributed by atoms with van der Waals surface area (Å²) in [5, 5.41) is 12.4. The van der Waals surface area contributed by atoms with E-state index < -0.39 is 11.7 Å². The molecule has 3 nitrogen and oxygen atoms in total. The largest absolute Gasteiger partial charge is 0.507 e. The van der Waals surface area contributed by atoms with E-state index in [1.165, 1.54) is 24.3 Å². The number of carbonyl (C=O) groups excluding carboxylic acids is 1. The number of phenolic OH excluding ortho intramolecular Hbond substituents is 1. The van der Waals surface area contributed by atoms with Crippen molar-refractivity contribution in [2.45, 2.75) is 6.92 Å². The third-order valence-electron chi connectivity index (χ3n) is 2.66. The number of anilines is 1. The minimum atomic E-state index is -0.595. The molecule has 0 fully saturated rings. The van der Waals surface area contributed by atoms with Crippen molar-refractivity contribution in [3.8, 4) is 5.75 Å². The van der Waals surface area contributed by atoms with E-state index in [1.807, 2.05) is 0 Å². The van der Waals surface area contributed by atoms with E-state index in [1.54, 1.807) is 19.1 Å². The molecule has 0 bridgehead atoms. The Bertz CT molecular complexity index is 623. The average molecular weight is 280 g/mol. The number of aromatic hydroxyl groups is 1. The summed E-state index contributed by atoms with van der Waals surface area (Å²) >= 11 is 5.68. The molecule has 0 spiro atoms. The van der Waals surface area contributed by atoms with Crippen LogP contribution < -0.4 is 5.32 Å². The fourth-order valence-corrected chi connectivity index (χ4v) is 1.83. The molecular formula is C14H11ClFNO2. The number of rotatable bonds is 2. The number of hydrogen-bond acceptors (Lipinski definition) is 2. The molecule has 2 rings (SSSR count). The summed E-state index contributed by atoms with van der Waals surface area (Å²) in [7, 11) is 0. The molecule has 0 saturated carbocycles. The van der Waals surface area contributed by atoms with Gasteiger partial charge in [-0.2, -0.15) is 0 Å². The molecular weight excluding hydrogens is 269 g/mol. The Labute approximate surface area is 114 Å². The molecule has 0 saturated heterocycles. The Kier molecular flexibility index (Phi) is 3.71. The Morgan fingerprint density at radius 1 is 1.32 bits per heavy atom. The van der Waals surface area contributed by atoms with E-state index in [-0.39, 0.29) is 17.0 Å². The maximum Gasteiger partial charge on any atom is 0.259 e. The zero-order chi connectivity index (χ0) is 14.0. The van der Waals surface area contributed by atoms with Gasteiger partial charge in [0.05, 0.1) is 11.3 Å². The summed E-state index contributed by atoms with van der Waals surface area (Å²) in [5.74, 6) is -1.37. The smallest absolute Gasteiger partial charge is 0.259 e. The van der Waals surface area contributed by atoms with Gasteiger partial charge in [0.2, 0.25) is 0 Å². The van der Waals surface area contributed by atoms with E-state index in [9.17, 15) is 14.3 Å². The van der Waals surface area contributed by atoms with Crippen LogP contribution >= 0.6 is 11.6 Å². The van der Waals surface area contributed by atoms with Crippen LogP contribution in [0.1, 0.15) is 15.9 Å². The van der Waals surface area contributed by atoms with Gasteiger partial charge in [-0.1, -0.05) is 23.7 Å². The van der Waals surface area contributed by atoms with Gasteiger partial charge in [-0.25, -0.2) is 4.39 Å². The maximum absolute atomic E-state index is 13.6. The number of phenols is 1. The van der Waals surface area contributed by atoms with E-state index in [2.05, 4.69) is 5.32 Å². The first-order valence-corrected chi connectivity index (χ1v) is 5.92. The van der Waals surface area contributed by atoms with Crippen LogP contribution in [0.4, 0.5) is 10.1 Å². The SMILES string of the molecule is Cc1cccc(F)c1NC(=O)c1ccc(Cl)cc1O. The normalized spacial score (nSPS) is 10.3. The number of nitrogens with one attached hydrogen (secondary N) is 1. The molecule has 0 aliphatic heterocycles. The van der Waals surface area contributed by atoms with E-state index in [0.717, 1.165) is 0 Å². The second-order valence-electron chi connectivity index (χ2n) is 4.05. The first kappa shape index (κ1) is 13.4. The van der Waals surface area contributed by atoms with Crippen LogP contribution in [0, 0.1) is 12.7 Å². The Morgan fingerprint density at radius 2 is 2.05 bits per heavy atom. The highest BCUT2D eigenvalue weighted by atomic mass is 35.5. The van der Waals surface area contributed by atoms with Crippen molar-refractivity contribution in [2.75, 3.05) is 5.32 Å². The molecule has 2 N–H and O–H groups in total. The minimum absolute atomic E-state index is 0.0343. The van der Waals surface area contributed by atoms with E-state index >= 15 is 0 Å². The summed E-state index contributed by atoms with van der Waals surface area (Å²) in [6.07, 6.45) is 0. The minimum Gasteiger partial charge on any atom is -0.507 e. The number of aryl methyl sites for hydroxylation is 1. The van der Waals surface area contributed by atoms with Crippen LogP contribution in [-0.4, -0.2) is 11.0 Å². The highest BCUT2D eigenvalue weighted by molar-refractivity contribution is 6.31. The zero-order valence-corrected chi connectivity index (χ0v) is 10.8. The van der Waals surface area contributed by atoms with Crippen molar-refractivity contribution in [3.05, 3.63) is 58.4 Å². The molecule has 0 unspecified atom stereocenters. The quantitative estimate of drug-likeness (QED) is 0.880. The Morgan fingerprint density at radius 3 is 2.68 bits per heavy atom. The topological polar surface area (TPSA) is 49.3 Å². The van der Waals surface area contributed by atoms with Crippen LogP contribution in [0.2, 0.25) is 5.02 Å². The summed E-state index contributed by atoms with van der Waals surface area (Å²) in [6.45, 7) is 1.68. The molecule has 2 aromatic rings. The summed E-state index contributed by atoms with van der Waals surface area (Å²) in [5.41, 5.74) is 0.732. The molecule has 98 valence electrons. The van der Waals surface area contributed by atoms with Gasteiger partial charge in [0.25, 0.3) is 5.91 Å². The molecule has 0 atom stereocenters. The van der Waals surface area contributed by atoms with E-state index in [0.29, 0.717) is 10.6 Å². The highest BCUT2D eigenvalue weighted by Crippen LogP contribution is 2.24. The Hall–Kier alpha value is -2.07. The van der Waals surface area contributed by atoms with Crippen molar-refractivity contribution in [1.82, 2.24) is 0 Å². The summed E-state index contributed by atoms with van der Waals surface area (Å²) in [4.78, 5) is 12.0. The molecule has 19 heavy (non-hydrogen) atoms. The van der Waals surface area contributed by atoms with Gasteiger partial charge < -0.3 is 10.4 Å². The number of para-hydroxylation sites is 1. The molecule has 2 aromatic carbocycles. The third kappa shape index (κ3) is 2.85. The molecule has 0 aliphatic carbocycles. The van der Waals surface area contributed by atoms with Crippen LogP contribution in [-0.2, 0) is 0 Å². The number of hydrogen-bond donors (Lipinski definition) is 2. The van der Waals surface area contributed by atoms with Gasteiger partial charge in [0, 0.05) is 5.02 Å². The van der Waals surface area contributed by atoms with Gasteiger partial charge in [0.1, 0.15) is 11.6 Å². The fourth-order valence-electron chi connectivity index (χ4n) is 1.67. The molecule has 0 aromatic heterocycles. The lowest BCUT2D eigenvalue weighted by Gasteiger charge is -2.10. The molecule has 0 aliphatic rings. The maximum atomic E-state index is 13.6. The van der Waals surface area contributed by atoms with Crippen molar-refractivity contribution < 1.29 is 14.3 Å². The molecule has 0 heterocycles.